The van der Waals surface area contributed by atoms with Crippen LogP contribution in [-0.4, -0.2) is 38.5 Å². The Morgan fingerprint density at radius 1 is 1.30 bits per heavy atom. The minimum absolute atomic E-state index is 0.217. The molecule has 2 aromatic heterocycles. The minimum atomic E-state index is -0.217. The second-order valence-electron chi connectivity index (χ2n) is 5.07. The predicted molar refractivity (Wildman–Crippen MR) is 93.1 cm³/mol. The molecule has 0 aliphatic rings. The van der Waals surface area contributed by atoms with E-state index in [2.05, 4.69) is 44.7 Å². The molecule has 2 heterocycles. The molecule has 6 nitrogen and oxygen atoms in total. The van der Waals surface area contributed by atoms with E-state index in [-0.39, 0.29) is 5.91 Å². The van der Waals surface area contributed by atoms with Crippen LogP contribution >= 0.6 is 11.3 Å². The lowest BCUT2D eigenvalue weighted by Crippen LogP contribution is -2.42. The first-order valence-electron chi connectivity index (χ1n) is 7.49. The molecule has 0 fully saturated rings. The van der Waals surface area contributed by atoms with Crippen LogP contribution in [0.3, 0.4) is 0 Å². The molecule has 1 atom stereocenters. The summed E-state index contributed by atoms with van der Waals surface area (Å²) in [5.74, 6) is 1.24. The molecule has 0 aliphatic carbocycles. The smallest absolute Gasteiger partial charge is 0.287 e. The maximum absolute atomic E-state index is 11.7. The summed E-state index contributed by atoms with van der Waals surface area (Å²) in [6.07, 6.45) is 1.48. The minimum Gasteiger partial charge on any atom is -0.459 e. The average Bonchev–Trinajstić information content (AvgIpc) is 3.26. The topological polar surface area (TPSA) is 78.7 Å². The van der Waals surface area contributed by atoms with Gasteiger partial charge in [0.15, 0.2) is 11.7 Å². The summed E-state index contributed by atoms with van der Waals surface area (Å²) in [7, 11) is 1.73. The van der Waals surface area contributed by atoms with Crippen molar-refractivity contribution < 1.29 is 9.21 Å². The Bertz CT molecular complexity index is 608. The van der Waals surface area contributed by atoms with Gasteiger partial charge in [-0.2, -0.15) is 11.3 Å². The molecule has 1 unspecified atom stereocenters. The molecular weight excluding hydrogens is 312 g/mol. The Hall–Kier alpha value is -2.28. The fourth-order valence-corrected chi connectivity index (χ4v) is 2.78. The summed E-state index contributed by atoms with van der Waals surface area (Å²) >= 11 is 1.70. The van der Waals surface area contributed by atoms with Crippen molar-refractivity contribution in [3.63, 3.8) is 0 Å². The number of hydrogen-bond acceptors (Lipinski definition) is 4. The van der Waals surface area contributed by atoms with Crippen LogP contribution in [0.2, 0.25) is 0 Å². The summed E-state index contributed by atoms with van der Waals surface area (Å²) in [5.41, 5.74) is 1.32. The molecule has 3 N–H and O–H groups in total. The average molecular weight is 334 g/mol. The Balaban J connectivity index is 1.64. The van der Waals surface area contributed by atoms with Crippen molar-refractivity contribution in [2.45, 2.75) is 12.8 Å². The molecule has 2 rings (SSSR count). The Kier molecular flexibility index (Phi) is 6.68. The van der Waals surface area contributed by atoms with E-state index in [0.717, 1.165) is 12.5 Å². The molecule has 2 aromatic rings. The van der Waals surface area contributed by atoms with E-state index >= 15 is 0 Å². The number of furan rings is 1. The molecule has 1 amide bonds. The van der Waals surface area contributed by atoms with Gasteiger partial charge in [-0.1, -0.05) is 6.92 Å². The molecule has 124 valence electrons. The summed E-state index contributed by atoms with van der Waals surface area (Å²) < 4.78 is 5.03. The molecule has 0 spiro atoms. The maximum atomic E-state index is 11.7. The first-order valence-corrected chi connectivity index (χ1v) is 8.43. The second-order valence-corrected chi connectivity index (χ2v) is 5.85. The van der Waals surface area contributed by atoms with Gasteiger partial charge in [0.1, 0.15) is 0 Å². The monoisotopic (exact) mass is 334 g/mol. The lowest BCUT2D eigenvalue weighted by molar-refractivity contribution is 0.0926. The standard InChI is InChI=1S/C16H22N4O2S/c1-12(13-5-9-23-11-13)10-20-16(17-2)19-7-6-18-15(21)14-4-3-8-22-14/h3-5,8-9,11-12H,6-7,10H2,1-2H3,(H,18,21)(H2,17,19,20). The van der Waals surface area contributed by atoms with Crippen molar-refractivity contribution >= 4 is 23.2 Å². The molecule has 0 aromatic carbocycles. The Morgan fingerprint density at radius 2 is 2.13 bits per heavy atom. The van der Waals surface area contributed by atoms with Gasteiger partial charge in [-0.3, -0.25) is 9.79 Å². The summed E-state index contributed by atoms with van der Waals surface area (Å²) in [6, 6.07) is 5.46. The van der Waals surface area contributed by atoms with Gasteiger partial charge in [0, 0.05) is 26.7 Å². The van der Waals surface area contributed by atoms with E-state index in [1.54, 1.807) is 30.5 Å². The van der Waals surface area contributed by atoms with E-state index in [1.807, 2.05) is 0 Å². The van der Waals surface area contributed by atoms with Crippen molar-refractivity contribution in [2.75, 3.05) is 26.7 Å². The van der Waals surface area contributed by atoms with Crippen LogP contribution in [0.1, 0.15) is 29.0 Å². The van der Waals surface area contributed by atoms with E-state index in [0.29, 0.717) is 24.8 Å². The number of guanidine groups is 1. The molecule has 23 heavy (non-hydrogen) atoms. The van der Waals surface area contributed by atoms with Crippen molar-refractivity contribution in [2.24, 2.45) is 4.99 Å². The van der Waals surface area contributed by atoms with Gasteiger partial charge in [-0.25, -0.2) is 0 Å². The zero-order chi connectivity index (χ0) is 16.5. The van der Waals surface area contributed by atoms with Crippen LogP contribution in [0.25, 0.3) is 0 Å². The molecule has 0 bridgehead atoms. The Morgan fingerprint density at radius 3 is 2.78 bits per heavy atom. The number of thiophene rings is 1. The van der Waals surface area contributed by atoms with Crippen LogP contribution in [0.4, 0.5) is 0 Å². The molecule has 0 radical (unpaired) electrons. The van der Waals surface area contributed by atoms with Gasteiger partial charge >= 0.3 is 0 Å². The lowest BCUT2D eigenvalue weighted by Gasteiger charge is -2.15. The van der Waals surface area contributed by atoms with E-state index in [9.17, 15) is 4.79 Å². The lowest BCUT2D eigenvalue weighted by atomic mass is 10.1. The molecular formula is C16H22N4O2S. The zero-order valence-electron chi connectivity index (χ0n) is 13.3. The predicted octanol–water partition coefficient (Wildman–Crippen LogP) is 2.04. The number of hydrogen-bond donors (Lipinski definition) is 3. The third-order valence-corrected chi connectivity index (χ3v) is 4.06. The van der Waals surface area contributed by atoms with E-state index in [1.165, 1.54) is 11.8 Å². The third-order valence-electron chi connectivity index (χ3n) is 3.36. The van der Waals surface area contributed by atoms with Crippen LogP contribution in [0.5, 0.6) is 0 Å². The summed E-state index contributed by atoms with van der Waals surface area (Å²) in [5, 5.41) is 13.5. The zero-order valence-corrected chi connectivity index (χ0v) is 14.2. The highest BCUT2D eigenvalue weighted by Gasteiger charge is 2.08. The SMILES string of the molecule is CN=C(NCCNC(=O)c1ccco1)NCC(C)c1ccsc1. The van der Waals surface area contributed by atoms with Crippen LogP contribution in [-0.2, 0) is 0 Å². The van der Waals surface area contributed by atoms with Gasteiger partial charge in [-0.05, 0) is 40.4 Å². The number of nitrogens with one attached hydrogen (secondary N) is 3. The maximum Gasteiger partial charge on any atom is 0.287 e. The Labute approximate surface area is 140 Å². The largest absolute Gasteiger partial charge is 0.459 e. The van der Waals surface area contributed by atoms with Gasteiger partial charge in [0.05, 0.1) is 6.26 Å². The van der Waals surface area contributed by atoms with E-state index < -0.39 is 0 Å². The van der Waals surface area contributed by atoms with Crippen molar-refractivity contribution in [1.82, 2.24) is 16.0 Å². The highest BCUT2D eigenvalue weighted by Crippen LogP contribution is 2.16. The van der Waals surface area contributed by atoms with Gasteiger partial charge in [0.2, 0.25) is 0 Å². The van der Waals surface area contributed by atoms with Crippen molar-refractivity contribution in [3.8, 4) is 0 Å². The first-order chi connectivity index (χ1) is 11.2. The highest BCUT2D eigenvalue weighted by molar-refractivity contribution is 7.07. The number of carbonyl (C=O) groups excluding carboxylic acids is 1. The van der Waals surface area contributed by atoms with Gasteiger partial charge in [-0.15, -0.1) is 0 Å². The van der Waals surface area contributed by atoms with Crippen LogP contribution in [0, 0.1) is 0 Å². The number of aliphatic imine (C=N–C) groups is 1. The number of rotatable bonds is 7. The van der Waals surface area contributed by atoms with Gasteiger partial charge < -0.3 is 20.4 Å². The molecule has 0 saturated carbocycles. The number of carbonyl (C=O) groups is 1. The fraction of sp³-hybridized carbons (Fsp3) is 0.375. The quantitative estimate of drug-likeness (QED) is 0.411. The van der Waals surface area contributed by atoms with Crippen LogP contribution in [0.15, 0.2) is 44.6 Å². The van der Waals surface area contributed by atoms with Gasteiger partial charge in [0.25, 0.3) is 5.91 Å². The third kappa shape index (κ3) is 5.45. The normalized spacial score (nSPS) is 12.7. The van der Waals surface area contributed by atoms with E-state index in [4.69, 9.17) is 4.42 Å². The van der Waals surface area contributed by atoms with Crippen molar-refractivity contribution in [1.29, 1.82) is 0 Å². The second kappa shape index (κ2) is 8.99. The van der Waals surface area contributed by atoms with Crippen molar-refractivity contribution in [3.05, 3.63) is 46.5 Å². The first kappa shape index (κ1) is 17.1. The number of nitrogens with zero attached hydrogens (tertiary/aromatic N) is 1. The highest BCUT2D eigenvalue weighted by atomic mass is 32.1. The molecule has 0 aliphatic heterocycles. The van der Waals surface area contributed by atoms with Crippen LogP contribution < -0.4 is 16.0 Å². The molecule has 0 saturated heterocycles. The summed E-state index contributed by atoms with van der Waals surface area (Å²) in [4.78, 5) is 15.9. The summed E-state index contributed by atoms with van der Waals surface area (Å²) in [6.45, 7) is 4.04. The fourth-order valence-electron chi connectivity index (χ4n) is 2.00. The molecule has 7 heteroatoms. The number of amides is 1.